The molecule has 2 N–H and O–H groups in total. The van der Waals surface area contributed by atoms with Crippen LogP contribution in [0.1, 0.15) is 25.3 Å². The average Bonchev–Trinajstić information content (AvgIpc) is 3.14. The van der Waals surface area contributed by atoms with E-state index in [1.807, 2.05) is 6.92 Å². The van der Waals surface area contributed by atoms with Crippen molar-refractivity contribution in [2.24, 2.45) is 5.73 Å². The molecule has 0 atom stereocenters. The van der Waals surface area contributed by atoms with Gasteiger partial charge in [0, 0.05) is 19.1 Å². The van der Waals surface area contributed by atoms with Crippen LogP contribution in [0.3, 0.4) is 0 Å². The van der Waals surface area contributed by atoms with Crippen LogP contribution in [0.25, 0.3) is 0 Å². The Morgan fingerprint density at radius 3 is 2.29 bits per heavy atom. The van der Waals surface area contributed by atoms with Crippen LogP contribution >= 0.6 is 0 Å². The molecule has 94 valence electrons. The molecule has 1 saturated carbocycles. The second kappa shape index (κ2) is 4.76. The Bertz CT molecular complexity index is 478. The van der Waals surface area contributed by atoms with Crippen molar-refractivity contribution in [1.29, 1.82) is 0 Å². The van der Waals surface area contributed by atoms with Crippen molar-refractivity contribution in [3.63, 3.8) is 0 Å². The van der Waals surface area contributed by atoms with Gasteiger partial charge in [0.15, 0.2) is 0 Å². The SMILES string of the molecule is CCN(C1CC1)S(=O)(=O)c1ccc(CN)cc1. The second-order valence-electron chi connectivity index (χ2n) is 4.29. The summed E-state index contributed by atoms with van der Waals surface area (Å²) in [5.41, 5.74) is 6.44. The van der Waals surface area contributed by atoms with Gasteiger partial charge in [-0.2, -0.15) is 4.31 Å². The molecule has 1 aliphatic rings. The fourth-order valence-electron chi connectivity index (χ4n) is 1.92. The van der Waals surface area contributed by atoms with Crippen molar-refractivity contribution in [1.82, 2.24) is 4.31 Å². The molecule has 17 heavy (non-hydrogen) atoms. The van der Waals surface area contributed by atoms with Gasteiger partial charge in [-0.3, -0.25) is 0 Å². The van der Waals surface area contributed by atoms with Gasteiger partial charge in [0.25, 0.3) is 0 Å². The average molecular weight is 254 g/mol. The van der Waals surface area contributed by atoms with E-state index in [4.69, 9.17) is 5.73 Å². The number of rotatable bonds is 5. The Morgan fingerprint density at radius 1 is 1.29 bits per heavy atom. The first kappa shape index (κ1) is 12.5. The highest BCUT2D eigenvalue weighted by Gasteiger charge is 2.36. The molecular formula is C12H18N2O2S. The van der Waals surface area contributed by atoms with Crippen molar-refractivity contribution in [3.05, 3.63) is 29.8 Å². The van der Waals surface area contributed by atoms with Gasteiger partial charge < -0.3 is 5.73 Å². The lowest BCUT2D eigenvalue weighted by atomic mass is 10.2. The Kier molecular flexibility index (Phi) is 3.51. The summed E-state index contributed by atoms with van der Waals surface area (Å²) < 4.78 is 26.3. The predicted octanol–water partition coefficient (Wildman–Crippen LogP) is 1.32. The highest BCUT2D eigenvalue weighted by atomic mass is 32.2. The van der Waals surface area contributed by atoms with Gasteiger partial charge >= 0.3 is 0 Å². The zero-order valence-electron chi connectivity index (χ0n) is 9.96. The third-order valence-electron chi connectivity index (χ3n) is 3.03. The van der Waals surface area contributed by atoms with Gasteiger partial charge in [0.05, 0.1) is 4.90 Å². The lowest BCUT2D eigenvalue weighted by Gasteiger charge is -2.19. The summed E-state index contributed by atoms with van der Waals surface area (Å²) >= 11 is 0. The summed E-state index contributed by atoms with van der Waals surface area (Å²) in [5, 5.41) is 0. The van der Waals surface area contributed by atoms with E-state index in [2.05, 4.69) is 0 Å². The van der Waals surface area contributed by atoms with Gasteiger partial charge in [-0.15, -0.1) is 0 Å². The van der Waals surface area contributed by atoms with E-state index in [0.29, 0.717) is 18.0 Å². The molecule has 1 fully saturated rings. The first-order valence-electron chi connectivity index (χ1n) is 5.90. The van der Waals surface area contributed by atoms with Gasteiger partial charge in [-0.1, -0.05) is 19.1 Å². The third kappa shape index (κ3) is 2.51. The summed E-state index contributed by atoms with van der Waals surface area (Å²) in [6.07, 6.45) is 1.96. The lowest BCUT2D eigenvalue weighted by molar-refractivity contribution is 0.421. The van der Waals surface area contributed by atoms with Crippen molar-refractivity contribution >= 4 is 10.0 Å². The van der Waals surface area contributed by atoms with E-state index in [1.165, 1.54) is 0 Å². The van der Waals surface area contributed by atoms with Gasteiger partial charge in [-0.05, 0) is 30.5 Å². The highest BCUT2D eigenvalue weighted by molar-refractivity contribution is 7.89. The van der Waals surface area contributed by atoms with Crippen LogP contribution in [-0.2, 0) is 16.6 Å². The normalized spacial score (nSPS) is 16.4. The summed E-state index contributed by atoms with van der Waals surface area (Å²) in [7, 11) is -3.32. The van der Waals surface area contributed by atoms with E-state index >= 15 is 0 Å². The molecule has 1 aliphatic carbocycles. The maximum atomic E-state index is 12.3. The van der Waals surface area contributed by atoms with Crippen molar-refractivity contribution in [3.8, 4) is 0 Å². The molecule has 0 aromatic heterocycles. The summed E-state index contributed by atoms with van der Waals surface area (Å²) in [5.74, 6) is 0. The summed E-state index contributed by atoms with van der Waals surface area (Å²) in [4.78, 5) is 0.364. The Balaban J connectivity index is 2.29. The van der Waals surface area contributed by atoms with Crippen LogP contribution in [0, 0.1) is 0 Å². The molecule has 0 radical (unpaired) electrons. The monoisotopic (exact) mass is 254 g/mol. The van der Waals surface area contributed by atoms with Crippen LogP contribution in [0.5, 0.6) is 0 Å². The largest absolute Gasteiger partial charge is 0.326 e. The van der Waals surface area contributed by atoms with Crippen LogP contribution in [0.2, 0.25) is 0 Å². The molecular weight excluding hydrogens is 236 g/mol. The predicted molar refractivity (Wildman–Crippen MR) is 66.9 cm³/mol. The molecule has 1 aromatic rings. The van der Waals surface area contributed by atoms with Crippen LogP contribution in [0.4, 0.5) is 0 Å². The van der Waals surface area contributed by atoms with Crippen molar-refractivity contribution < 1.29 is 8.42 Å². The minimum absolute atomic E-state index is 0.208. The number of benzene rings is 1. The number of nitrogens with zero attached hydrogens (tertiary/aromatic N) is 1. The molecule has 2 rings (SSSR count). The number of nitrogens with two attached hydrogens (primary N) is 1. The molecule has 5 heteroatoms. The molecule has 0 spiro atoms. The van der Waals surface area contributed by atoms with Crippen molar-refractivity contribution in [2.45, 2.75) is 37.2 Å². The summed E-state index contributed by atoms with van der Waals surface area (Å²) in [6, 6.07) is 7.03. The van der Waals surface area contributed by atoms with Crippen LogP contribution in [-0.4, -0.2) is 25.3 Å². The zero-order valence-corrected chi connectivity index (χ0v) is 10.8. The lowest BCUT2D eigenvalue weighted by Crippen LogP contribution is -2.32. The summed E-state index contributed by atoms with van der Waals surface area (Å²) in [6.45, 7) is 2.84. The zero-order chi connectivity index (χ0) is 12.5. The smallest absolute Gasteiger partial charge is 0.243 e. The van der Waals surface area contributed by atoms with E-state index < -0.39 is 10.0 Å². The van der Waals surface area contributed by atoms with Crippen LogP contribution < -0.4 is 5.73 Å². The molecule has 0 heterocycles. The molecule has 1 aromatic carbocycles. The van der Waals surface area contributed by atoms with Gasteiger partial charge in [0.2, 0.25) is 10.0 Å². The van der Waals surface area contributed by atoms with E-state index in [-0.39, 0.29) is 6.04 Å². The van der Waals surface area contributed by atoms with Crippen LogP contribution in [0.15, 0.2) is 29.2 Å². The first-order chi connectivity index (χ1) is 8.09. The van der Waals surface area contributed by atoms with E-state index in [1.54, 1.807) is 28.6 Å². The molecule has 0 unspecified atom stereocenters. The maximum absolute atomic E-state index is 12.3. The van der Waals surface area contributed by atoms with Gasteiger partial charge in [0.1, 0.15) is 0 Å². The van der Waals surface area contributed by atoms with Crippen molar-refractivity contribution in [2.75, 3.05) is 6.54 Å². The second-order valence-corrected chi connectivity index (χ2v) is 6.18. The minimum Gasteiger partial charge on any atom is -0.326 e. The molecule has 4 nitrogen and oxygen atoms in total. The maximum Gasteiger partial charge on any atom is 0.243 e. The number of hydrogen-bond donors (Lipinski definition) is 1. The quantitative estimate of drug-likeness (QED) is 0.862. The fourth-order valence-corrected chi connectivity index (χ4v) is 3.61. The fraction of sp³-hybridized carbons (Fsp3) is 0.500. The Morgan fingerprint density at radius 2 is 1.88 bits per heavy atom. The minimum atomic E-state index is -3.32. The molecule has 0 aliphatic heterocycles. The molecule has 0 saturated heterocycles. The third-order valence-corrected chi connectivity index (χ3v) is 5.07. The molecule has 0 amide bonds. The number of hydrogen-bond acceptors (Lipinski definition) is 3. The topological polar surface area (TPSA) is 63.4 Å². The van der Waals surface area contributed by atoms with Gasteiger partial charge in [-0.25, -0.2) is 8.42 Å². The standard InChI is InChI=1S/C12H18N2O2S/c1-2-14(11-5-6-11)17(15,16)12-7-3-10(9-13)4-8-12/h3-4,7-8,11H,2,5-6,9,13H2,1H3. The van der Waals surface area contributed by atoms with E-state index in [0.717, 1.165) is 18.4 Å². The number of sulfonamides is 1. The Hall–Kier alpha value is -0.910. The first-order valence-corrected chi connectivity index (χ1v) is 7.34. The Labute approximate surface area is 102 Å². The van der Waals surface area contributed by atoms with E-state index in [9.17, 15) is 8.42 Å². The molecule has 0 bridgehead atoms. The highest BCUT2D eigenvalue weighted by Crippen LogP contribution is 2.31.